The Morgan fingerprint density at radius 1 is 1.50 bits per heavy atom. The number of hydrogen-bond acceptors (Lipinski definition) is 2. The Morgan fingerprint density at radius 2 is 2.28 bits per heavy atom. The van der Waals surface area contributed by atoms with Gasteiger partial charge in [0.1, 0.15) is 5.69 Å². The van der Waals surface area contributed by atoms with Gasteiger partial charge >= 0.3 is 0 Å². The molecule has 98 valence electrons. The Labute approximate surface area is 115 Å². The molecule has 1 aromatic heterocycles. The quantitative estimate of drug-likeness (QED) is 0.907. The van der Waals surface area contributed by atoms with Crippen LogP contribution in [0.2, 0.25) is 0 Å². The number of rotatable bonds is 2. The highest BCUT2D eigenvalue weighted by Crippen LogP contribution is 2.37. The van der Waals surface area contributed by atoms with E-state index in [1.165, 1.54) is 12.8 Å². The number of aromatic nitrogens is 1. The molecule has 0 spiro atoms. The van der Waals surface area contributed by atoms with Gasteiger partial charge in [0.15, 0.2) is 0 Å². The molecule has 18 heavy (non-hydrogen) atoms. The molecule has 0 radical (unpaired) electrons. The van der Waals surface area contributed by atoms with E-state index in [9.17, 15) is 4.79 Å². The average Bonchev–Trinajstić information content (AvgIpc) is 3.12. The first-order valence-corrected chi connectivity index (χ1v) is 7.34. The van der Waals surface area contributed by atoms with Crippen LogP contribution in [-0.4, -0.2) is 41.1 Å². The van der Waals surface area contributed by atoms with Gasteiger partial charge in [-0.3, -0.25) is 4.79 Å². The van der Waals surface area contributed by atoms with E-state index in [1.54, 1.807) is 0 Å². The molecule has 1 saturated heterocycles. The van der Waals surface area contributed by atoms with Gasteiger partial charge in [0.05, 0.1) is 0 Å². The predicted molar refractivity (Wildman–Crippen MR) is 73.8 cm³/mol. The van der Waals surface area contributed by atoms with Gasteiger partial charge in [0.2, 0.25) is 0 Å². The molecule has 1 N–H and O–H groups in total. The Morgan fingerprint density at radius 3 is 2.94 bits per heavy atom. The zero-order chi connectivity index (χ0) is 12.7. The van der Waals surface area contributed by atoms with Crippen molar-refractivity contribution in [3.8, 4) is 0 Å². The Bertz CT molecular complexity index is 467. The first-order chi connectivity index (χ1) is 8.65. The molecule has 3 rings (SSSR count). The molecule has 2 aliphatic rings. The SMILES string of the molecule is CC1CN(C(=O)c2cc(Br)cn2C2CC2)CCN1. The fourth-order valence-electron chi connectivity index (χ4n) is 2.55. The van der Waals surface area contributed by atoms with Crippen LogP contribution in [0.4, 0.5) is 0 Å². The number of nitrogens with one attached hydrogen (secondary N) is 1. The minimum absolute atomic E-state index is 0.168. The Kier molecular flexibility index (Phi) is 3.20. The number of carbonyl (C=O) groups excluding carboxylic acids is 1. The minimum atomic E-state index is 0.168. The van der Waals surface area contributed by atoms with Crippen molar-refractivity contribution >= 4 is 21.8 Å². The molecule has 5 heteroatoms. The number of nitrogens with zero attached hydrogens (tertiary/aromatic N) is 2. The summed E-state index contributed by atoms with van der Waals surface area (Å²) in [4.78, 5) is 14.5. The van der Waals surface area contributed by atoms with Crippen LogP contribution in [0.3, 0.4) is 0 Å². The van der Waals surface area contributed by atoms with E-state index in [0.717, 1.165) is 29.8 Å². The van der Waals surface area contributed by atoms with Gasteiger partial charge in [-0.25, -0.2) is 0 Å². The Balaban J connectivity index is 1.82. The topological polar surface area (TPSA) is 37.3 Å². The first-order valence-electron chi connectivity index (χ1n) is 6.55. The molecule has 1 unspecified atom stereocenters. The summed E-state index contributed by atoms with van der Waals surface area (Å²) in [5, 5.41) is 3.36. The maximum Gasteiger partial charge on any atom is 0.270 e. The maximum absolute atomic E-state index is 12.6. The molecule has 1 aromatic rings. The Hall–Kier alpha value is -0.810. The summed E-state index contributed by atoms with van der Waals surface area (Å²) < 4.78 is 3.14. The van der Waals surface area contributed by atoms with Crippen molar-refractivity contribution < 1.29 is 4.79 Å². The summed E-state index contributed by atoms with van der Waals surface area (Å²) in [5.41, 5.74) is 0.832. The molecule has 2 fully saturated rings. The number of carbonyl (C=O) groups is 1. The summed E-state index contributed by atoms with van der Waals surface area (Å²) in [6.07, 6.45) is 4.43. The molecule has 2 heterocycles. The monoisotopic (exact) mass is 311 g/mol. The van der Waals surface area contributed by atoms with Crippen LogP contribution in [0, 0.1) is 0 Å². The van der Waals surface area contributed by atoms with Crippen molar-refractivity contribution in [1.29, 1.82) is 0 Å². The van der Waals surface area contributed by atoms with Crippen molar-refractivity contribution in [2.75, 3.05) is 19.6 Å². The van der Waals surface area contributed by atoms with Gasteiger partial charge in [-0.2, -0.15) is 0 Å². The van der Waals surface area contributed by atoms with Crippen molar-refractivity contribution in [1.82, 2.24) is 14.8 Å². The summed E-state index contributed by atoms with van der Waals surface area (Å²) >= 11 is 3.48. The predicted octanol–water partition coefficient (Wildman–Crippen LogP) is 2.02. The van der Waals surface area contributed by atoms with Crippen LogP contribution in [0.5, 0.6) is 0 Å². The highest BCUT2D eigenvalue weighted by Gasteiger charge is 2.30. The van der Waals surface area contributed by atoms with Crippen LogP contribution in [-0.2, 0) is 0 Å². The number of amides is 1. The molecule has 0 bridgehead atoms. The summed E-state index contributed by atoms with van der Waals surface area (Å²) in [6.45, 7) is 4.61. The number of piperazine rings is 1. The van der Waals surface area contributed by atoms with Gasteiger partial charge in [-0.05, 0) is 41.8 Å². The third-order valence-electron chi connectivity index (χ3n) is 3.63. The normalized spacial score (nSPS) is 24.3. The second kappa shape index (κ2) is 4.70. The first kappa shape index (κ1) is 12.2. The molecule has 1 amide bonds. The highest BCUT2D eigenvalue weighted by atomic mass is 79.9. The van der Waals surface area contributed by atoms with Gasteiger partial charge in [0, 0.05) is 42.4 Å². The number of halogens is 1. The van der Waals surface area contributed by atoms with Crippen molar-refractivity contribution in [2.45, 2.75) is 31.8 Å². The molecule has 1 saturated carbocycles. The van der Waals surface area contributed by atoms with E-state index in [2.05, 4.69) is 32.7 Å². The van der Waals surface area contributed by atoms with Gasteiger partial charge < -0.3 is 14.8 Å². The lowest BCUT2D eigenvalue weighted by molar-refractivity contribution is 0.0698. The van der Waals surface area contributed by atoms with Crippen molar-refractivity contribution in [2.24, 2.45) is 0 Å². The molecular weight excluding hydrogens is 294 g/mol. The molecule has 0 aromatic carbocycles. The fourth-order valence-corrected chi connectivity index (χ4v) is 2.99. The van der Waals surface area contributed by atoms with Crippen LogP contribution < -0.4 is 5.32 Å². The van der Waals surface area contributed by atoms with Crippen molar-refractivity contribution in [3.63, 3.8) is 0 Å². The fraction of sp³-hybridized carbons (Fsp3) is 0.615. The van der Waals surface area contributed by atoms with Gasteiger partial charge in [0.25, 0.3) is 5.91 Å². The van der Waals surface area contributed by atoms with Crippen LogP contribution in [0.25, 0.3) is 0 Å². The standard InChI is InChI=1S/C13H18BrN3O/c1-9-7-16(5-4-15-9)13(18)12-6-10(14)8-17(12)11-2-3-11/h6,8-9,11,15H,2-5,7H2,1H3. The van der Waals surface area contributed by atoms with E-state index in [-0.39, 0.29) is 5.91 Å². The summed E-state index contributed by atoms with van der Waals surface area (Å²) in [7, 11) is 0. The second-order valence-electron chi connectivity index (χ2n) is 5.29. The van der Waals surface area contributed by atoms with Crippen LogP contribution in [0.1, 0.15) is 36.3 Å². The third kappa shape index (κ3) is 2.34. The average molecular weight is 312 g/mol. The summed E-state index contributed by atoms with van der Waals surface area (Å²) in [6, 6.07) is 2.87. The van der Waals surface area contributed by atoms with E-state index in [4.69, 9.17) is 0 Å². The zero-order valence-corrected chi connectivity index (χ0v) is 12.1. The molecule has 1 aliphatic carbocycles. The zero-order valence-electron chi connectivity index (χ0n) is 10.5. The molecule has 1 aliphatic heterocycles. The van der Waals surface area contributed by atoms with E-state index < -0.39 is 0 Å². The lowest BCUT2D eigenvalue weighted by Gasteiger charge is -2.32. The van der Waals surface area contributed by atoms with Gasteiger partial charge in [-0.1, -0.05) is 0 Å². The lowest BCUT2D eigenvalue weighted by Crippen LogP contribution is -2.51. The van der Waals surface area contributed by atoms with Crippen LogP contribution >= 0.6 is 15.9 Å². The lowest BCUT2D eigenvalue weighted by atomic mass is 10.2. The van der Waals surface area contributed by atoms with Crippen LogP contribution in [0.15, 0.2) is 16.7 Å². The minimum Gasteiger partial charge on any atom is -0.339 e. The second-order valence-corrected chi connectivity index (χ2v) is 6.20. The summed E-state index contributed by atoms with van der Waals surface area (Å²) in [5.74, 6) is 0.168. The molecule has 1 atom stereocenters. The van der Waals surface area contributed by atoms with Crippen molar-refractivity contribution in [3.05, 3.63) is 22.4 Å². The van der Waals surface area contributed by atoms with E-state index in [0.29, 0.717) is 12.1 Å². The maximum atomic E-state index is 12.6. The molecular formula is C13H18BrN3O. The third-order valence-corrected chi connectivity index (χ3v) is 4.06. The van der Waals surface area contributed by atoms with E-state index >= 15 is 0 Å². The van der Waals surface area contributed by atoms with Gasteiger partial charge in [-0.15, -0.1) is 0 Å². The molecule has 4 nitrogen and oxygen atoms in total. The largest absolute Gasteiger partial charge is 0.339 e. The highest BCUT2D eigenvalue weighted by molar-refractivity contribution is 9.10. The van der Waals surface area contributed by atoms with E-state index in [1.807, 2.05) is 17.2 Å². The number of hydrogen-bond donors (Lipinski definition) is 1. The smallest absolute Gasteiger partial charge is 0.270 e.